The van der Waals surface area contributed by atoms with E-state index in [0.29, 0.717) is 5.46 Å². The van der Waals surface area contributed by atoms with Crippen LogP contribution in [0.25, 0.3) is 11.1 Å². The zero-order valence-corrected chi connectivity index (χ0v) is 8.72. The molecule has 1 aliphatic carbocycles. The summed E-state index contributed by atoms with van der Waals surface area (Å²) in [4.78, 5) is 0. The van der Waals surface area contributed by atoms with Crippen LogP contribution in [-0.4, -0.2) is 17.2 Å². The second kappa shape index (κ2) is 3.47. The van der Waals surface area contributed by atoms with Crippen molar-refractivity contribution in [2.24, 2.45) is 0 Å². The molecule has 78 valence electrons. The average Bonchev–Trinajstić information content (AvgIpc) is 2.66. The highest BCUT2D eigenvalue weighted by molar-refractivity contribution is 6.58. The molecule has 0 aromatic heterocycles. The normalized spacial score (nSPS) is 12.1. The maximum atomic E-state index is 9.16. The lowest BCUT2D eigenvalue weighted by atomic mass is 9.79. The van der Waals surface area contributed by atoms with Crippen molar-refractivity contribution in [2.45, 2.75) is 6.42 Å². The molecule has 0 saturated heterocycles. The van der Waals surface area contributed by atoms with Crippen molar-refractivity contribution < 1.29 is 10.0 Å². The van der Waals surface area contributed by atoms with Crippen LogP contribution in [0, 0.1) is 0 Å². The monoisotopic (exact) mass is 210 g/mol. The first-order valence-electron chi connectivity index (χ1n) is 5.33. The van der Waals surface area contributed by atoms with Crippen LogP contribution in [-0.2, 0) is 6.42 Å². The Morgan fingerprint density at radius 2 is 1.62 bits per heavy atom. The van der Waals surface area contributed by atoms with Gasteiger partial charge in [-0.1, -0.05) is 42.5 Å². The highest BCUT2D eigenvalue weighted by atomic mass is 16.4. The Morgan fingerprint density at radius 1 is 0.875 bits per heavy atom. The Bertz CT molecular complexity index is 549. The molecule has 0 aliphatic heterocycles. The minimum absolute atomic E-state index is 0.551. The summed E-state index contributed by atoms with van der Waals surface area (Å²) in [7, 11) is -1.39. The molecular weight excluding hydrogens is 199 g/mol. The maximum absolute atomic E-state index is 9.16. The molecule has 0 radical (unpaired) electrons. The van der Waals surface area contributed by atoms with Gasteiger partial charge in [-0.2, -0.15) is 0 Å². The van der Waals surface area contributed by atoms with E-state index in [9.17, 15) is 0 Å². The predicted octanol–water partition coefficient (Wildman–Crippen LogP) is 0.938. The van der Waals surface area contributed by atoms with E-state index in [1.807, 2.05) is 24.3 Å². The summed E-state index contributed by atoms with van der Waals surface area (Å²) < 4.78 is 0. The second-order valence-electron chi connectivity index (χ2n) is 4.12. The fraction of sp³-hybridized carbons (Fsp3) is 0.0769. The Balaban J connectivity index is 2.18. The molecule has 2 N–H and O–H groups in total. The first-order valence-corrected chi connectivity index (χ1v) is 5.33. The van der Waals surface area contributed by atoms with E-state index in [1.54, 1.807) is 6.07 Å². The third kappa shape index (κ3) is 1.37. The third-order valence-corrected chi connectivity index (χ3v) is 3.12. The Morgan fingerprint density at radius 3 is 2.44 bits per heavy atom. The highest BCUT2D eigenvalue weighted by Gasteiger charge is 2.20. The average molecular weight is 210 g/mol. The minimum atomic E-state index is -1.39. The molecule has 3 rings (SSSR count). The zero-order valence-electron chi connectivity index (χ0n) is 8.72. The zero-order chi connectivity index (χ0) is 11.1. The van der Waals surface area contributed by atoms with Crippen molar-refractivity contribution >= 4 is 12.6 Å². The smallest absolute Gasteiger partial charge is 0.423 e. The summed E-state index contributed by atoms with van der Waals surface area (Å²) in [5, 5.41) is 18.3. The molecular formula is C13H11BO2. The van der Waals surface area contributed by atoms with Crippen LogP contribution in [0.2, 0.25) is 0 Å². The van der Waals surface area contributed by atoms with Gasteiger partial charge in [-0.3, -0.25) is 0 Å². The first-order chi connectivity index (χ1) is 7.75. The molecule has 0 heterocycles. The van der Waals surface area contributed by atoms with E-state index in [-0.39, 0.29) is 0 Å². The van der Waals surface area contributed by atoms with Crippen LogP contribution in [0.1, 0.15) is 11.1 Å². The molecule has 0 saturated carbocycles. The Hall–Kier alpha value is -1.58. The molecule has 2 aromatic rings. The Kier molecular flexibility index (Phi) is 2.09. The van der Waals surface area contributed by atoms with E-state index in [4.69, 9.17) is 10.0 Å². The van der Waals surface area contributed by atoms with Crippen molar-refractivity contribution in [2.75, 3.05) is 0 Å². The Labute approximate surface area is 94.3 Å². The molecule has 0 fully saturated rings. The fourth-order valence-corrected chi connectivity index (χ4v) is 2.30. The van der Waals surface area contributed by atoms with Crippen LogP contribution in [0.4, 0.5) is 0 Å². The standard InChI is InChI=1S/C13H11BO2/c15-14(16)11-6-5-10-7-9-3-1-2-4-12(9)13(10)8-11/h1-6,8,15-16H,7H2. The van der Waals surface area contributed by atoms with Gasteiger partial charge < -0.3 is 10.0 Å². The first kappa shape index (κ1) is 9.64. The van der Waals surface area contributed by atoms with Gasteiger partial charge >= 0.3 is 7.12 Å². The van der Waals surface area contributed by atoms with Crippen LogP contribution in [0.15, 0.2) is 42.5 Å². The lowest BCUT2D eigenvalue weighted by Gasteiger charge is -2.04. The van der Waals surface area contributed by atoms with Gasteiger partial charge in [0.1, 0.15) is 0 Å². The summed E-state index contributed by atoms with van der Waals surface area (Å²) in [5.41, 5.74) is 5.45. The van der Waals surface area contributed by atoms with E-state index < -0.39 is 7.12 Å². The number of hydrogen-bond donors (Lipinski definition) is 2. The van der Waals surface area contributed by atoms with Crippen molar-refractivity contribution in [1.82, 2.24) is 0 Å². The van der Waals surface area contributed by atoms with Gasteiger partial charge in [0.2, 0.25) is 0 Å². The molecule has 0 unspecified atom stereocenters. The van der Waals surface area contributed by atoms with Crippen molar-refractivity contribution in [3.63, 3.8) is 0 Å². The van der Waals surface area contributed by atoms with Crippen LogP contribution < -0.4 is 5.46 Å². The van der Waals surface area contributed by atoms with E-state index in [2.05, 4.69) is 12.1 Å². The number of benzene rings is 2. The topological polar surface area (TPSA) is 40.5 Å². The van der Waals surface area contributed by atoms with Gasteiger partial charge in [-0.15, -0.1) is 0 Å². The molecule has 16 heavy (non-hydrogen) atoms. The molecule has 0 bridgehead atoms. The SMILES string of the molecule is OB(O)c1ccc2c(c1)-c1ccccc1C2. The number of rotatable bonds is 1. The summed E-state index contributed by atoms with van der Waals surface area (Å²) in [6.07, 6.45) is 0.938. The maximum Gasteiger partial charge on any atom is 0.488 e. The summed E-state index contributed by atoms with van der Waals surface area (Å²) in [5.74, 6) is 0. The van der Waals surface area contributed by atoms with E-state index in [0.717, 1.165) is 12.0 Å². The van der Waals surface area contributed by atoms with Crippen LogP contribution in [0.5, 0.6) is 0 Å². The van der Waals surface area contributed by atoms with E-state index in [1.165, 1.54) is 16.7 Å². The minimum Gasteiger partial charge on any atom is -0.423 e. The lowest BCUT2D eigenvalue weighted by molar-refractivity contribution is 0.426. The van der Waals surface area contributed by atoms with E-state index >= 15 is 0 Å². The molecule has 2 nitrogen and oxygen atoms in total. The predicted molar refractivity (Wildman–Crippen MR) is 64.5 cm³/mol. The quantitative estimate of drug-likeness (QED) is 0.586. The van der Waals surface area contributed by atoms with Gasteiger partial charge in [-0.05, 0) is 34.1 Å². The van der Waals surface area contributed by atoms with Gasteiger partial charge in [0.25, 0.3) is 0 Å². The summed E-state index contributed by atoms with van der Waals surface area (Å²) in [6, 6.07) is 13.9. The molecule has 1 aliphatic rings. The fourth-order valence-electron chi connectivity index (χ4n) is 2.30. The van der Waals surface area contributed by atoms with Gasteiger partial charge in [0.05, 0.1) is 0 Å². The van der Waals surface area contributed by atoms with Crippen molar-refractivity contribution in [3.05, 3.63) is 53.6 Å². The summed E-state index contributed by atoms with van der Waals surface area (Å²) in [6.45, 7) is 0. The van der Waals surface area contributed by atoms with Gasteiger partial charge in [0, 0.05) is 0 Å². The van der Waals surface area contributed by atoms with Crippen LogP contribution in [0.3, 0.4) is 0 Å². The van der Waals surface area contributed by atoms with Crippen LogP contribution >= 0.6 is 0 Å². The summed E-state index contributed by atoms with van der Waals surface area (Å²) >= 11 is 0. The van der Waals surface area contributed by atoms with Crippen molar-refractivity contribution in [1.29, 1.82) is 0 Å². The number of hydrogen-bond acceptors (Lipinski definition) is 2. The molecule has 0 atom stereocenters. The van der Waals surface area contributed by atoms with Gasteiger partial charge in [0.15, 0.2) is 0 Å². The van der Waals surface area contributed by atoms with Crippen molar-refractivity contribution in [3.8, 4) is 11.1 Å². The number of fused-ring (bicyclic) bond motifs is 3. The molecule has 3 heteroatoms. The molecule has 0 spiro atoms. The molecule has 0 amide bonds. The third-order valence-electron chi connectivity index (χ3n) is 3.12. The largest absolute Gasteiger partial charge is 0.488 e. The highest BCUT2D eigenvalue weighted by Crippen LogP contribution is 2.35. The second-order valence-corrected chi connectivity index (χ2v) is 4.12. The van der Waals surface area contributed by atoms with Gasteiger partial charge in [-0.25, -0.2) is 0 Å². The lowest BCUT2D eigenvalue weighted by Crippen LogP contribution is -2.29. The molecule has 2 aromatic carbocycles.